The SMILES string of the molecule is Nc1ccncc1NCC(CCC(=O)O)C(=O)O. The molecule has 1 aromatic heterocycles. The van der Waals surface area contributed by atoms with E-state index < -0.39 is 17.9 Å². The number of anilines is 2. The van der Waals surface area contributed by atoms with E-state index in [-0.39, 0.29) is 19.4 Å². The van der Waals surface area contributed by atoms with Gasteiger partial charge in [0.15, 0.2) is 0 Å². The summed E-state index contributed by atoms with van der Waals surface area (Å²) >= 11 is 0. The van der Waals surface area contributed by atoms with Crippen molar-refractivity contribution in [2.24, 2.45) is 5.92 Å². The second kappa shape index (κ2) is 6.43. The van der Waals surface area contributed by atoms with Crippen LogP contribution in [0.4, 0.5) is 11.4 Å². The molecule has 0 aliphatic heterocycles. The van der Waals surface area contributed by atoms with Crippen molar-refractivity contribution in [2.45, 2.75) is 12.8 Å². The number of nitrogens with two attached hydrogens (primary N) is 1. The molecule has 7 heteroatoms. The van der Waals surface area contributed by atoms with Crippen LogP contribution in [0.2, 0.25) is 0 Å². The summed E-state index contributed by atoms with van der Waals surface area (Å²) in [7, 11) is 0. The van der Waals surface area contributed by atoms with Crippen molar-refractivity contribution in [1.82, 2.24) is 4.98 Å². The van der Waals surface area contributed by atoms with Gasteiger partial charge < -0.3 is 21.3 Å². The molecule has 0 fully saturated rings. The van der Waals surface area contributed by atoms with Crippen LogP contribution in [-0.4, -0.2) is 33.7 Å². The van der Waals surface area contributed by atoms with Gasteiger partial charge in [0.25, 0.3) is 0 Å². The van der Waals surface area contributed by atoms with Crippen LogP contribution in [0.1, 0.15) is 12.8 Å². The molecular formula is C11H15N3O4. The number of aromatic nitrogens is 1. The van der Waals surface area contributed by atoms with Crippen molar-refractivity contribution >= 4 is 23.3 Å². The van der Waals surface area contributed by atoms with Crippen molar-refractivity contribution in [3.8, 4) is 0 Å². The monoisotopic (exact) mass is 253 g/mol. The molecule has 7 nitrogen and oxygen atoms in total. The van der Waals surface area contributed by atoms with Gasteiger partial charge in [0.2, 0.25) is 0 Å². The van der Waals surface area contributed by atoms with E-state index in [0.717, 1.165) is 0 Å². The number of carboxylic acid groups (broad SMARTS) is 2. The van der Waals surface area contributed by atoms with E-state index >= 15 is 0 Å². The highest BCUT2D eigenvalue weighted by molar-refractivity contribution is 5.73. The van der Waals surface area contributed by atoms with Crippen LogP contribution in [0.15, 0.2) is 18.5 Å². The van der Waals surface area contributed by atoms with Gasteiger partial charge >= 0.3 is 11.9 Å². The van der Waals surface area contributed by atoms with E-state index in [9.17, 15) is 9.59 Å². The predicted molar refractivity (Wildman–Crippen MR) is 65.1 cm³/mol. The molecule has 0 bridgehead atoms. The minimum absolute atomic E-state index is 0.0673. The molecule has 98 valence electrons. The first-order valence-corrected chi connectivity index (χ1v) is 5.38. The Hall–Kier alpha value is -2.31. The molecule has 0 radical (unpaired) electrons. The maximum absolute atomic E-state index is 10.9. The predicted octanol–water partition coefficient (Wildman–Crippen LogP) is 0.641. The fourth-order valence-electron chi connectivity index (χ4n) is 1.40. The number of carboxylic acids is 2. The van der Waals surface area contributed by atoms with E-state index in [4.69, 9.17) is 15.9 Å². The molecule has 5 N–H and O–H groups in total. The van der Waals surface area contributed by atoms with Crippen molar-refractivity contribution in [2.75, 3.05) is 17.6 Å². The molecule has 18 heavy (non-hydrogen) atoms. The molecule has 0 aromatic carbocycles. The second-order valence-corrected chi connectivity index (χ2v) is 3.81. The summed E-state index contributed by atoms with van der Waals surface area (Å²) in [5, 5.41) is 20.3. The molecule has 0 aliphatic rings. The number of nitrogen functional groups attached to an aromatic ring is 1. The Labute approximate surface area is 104 Å². The molecule has 0 saturated heterocycles. The number of carbonyl (C=O) groups is 2. The molecule has 1 rings (SSSR count). The third-order valence-electron chi connectivity index (χ3n) is 2.45. The van der Waals surface area contributed by atoms with Crippen LogP contribution >= 0.6 is 0 Å². The van der Waals surface area contributed by atoms with Crippen LogP contribution in [0.3, 0.4) is 0 Å². The van der Waals surface area contributed by atoms with Crippen molar-refractivity contribution in [3.05, 3.63) is 18.5 Å². The summed E-state index contributed by atoms with van der Waals surface area (Å²) in [6, 6.07) is 1.59. The first-order chi connectivity index (χ1) is 8.50. The van der Waals surface area contributed by atoms with E-state index in [1.807, 2.05) is 0 Å². The molecule has 0 amide bonds. The Balaban J connectivity index is 2.55. The van der Waals surface area contributed by atoms with Gasteiger partial charge in [-0.2, -0.15) is 0 Å². The maximum Gasteiger partial charge on any atom is 0.308 e. The number of hydrogen-bond acceptors (Lipinski definition) is 5. The van der Waals surface area contributed by atoms with E-state index in [0.29, 0.717) is 11.4 Å². The number of pyridine rings is 1. The fourth-order valence-corrected chi connectivity index (χ4v) is 1.40. The van der Waals surface area contributed by atoms with E-state index in [1.165, 1.54) is 12.4 Å². The Kier molecular flexibility index (Phi) is 4.91. The van der Waals surface area contributed by atoms with Gasteiger partial charge in [-0.15, -0.1) is 0 Å². The van der Waals surface area contributed by atoms with Crippen LogP contribution in [0.5, 0.6) is 0 Å². The third kappa shape index (κ3) is 4.28. The van der Waals surface area contributed by atoms with Crippen LogP contribution in [-0.2, 0) is 9.59 Å². The van der Waals surface area contributed by atoms with E-state index in [2.05, 4.69) is 10.3 Å². The molecule has 1 heterocycles. The minimum atomic E-state index is -1.04. The van der Waals surface area contributed by atoms with Gasteiger partial charge in [0.1, 0.15) is 0 Å². The van der Waals surface area contributed by atoms with Crippen LogP contribution in [0.25, 0.3) is 0 Å². The lowest BCUT2D eigenvalue weighted by molar-refractivity contribution is -0.142. The Morgan fingerprint density at radius 1 is 1.44 bits per heavy atom. The second-order valence-electron chi connectivity index (χ2n) is 3.81. The minimum Gasteiger partial charge on any atom is -0.481 e. The smallest absolute Gasteiger partial charge is 0.308 e. The highest BCUT2D eigenvalue weighted by Crippen LogP contribution is 2.16. The first kappa shape index (κ1) is 13.8. The fraction of sp³-hybridized carbons (Fsp3) is 0.364. The summed E-state index contributed by atoms with van der Waals surface area (Å²) in [6.45, 7) is 0.110. The first-order valence-electron chi connectivity index (χ1n) is 5.38. The highest BCUT2D eigenvalue weighted by atomic mass is 16.4. The van der Waals surface area contributed by atoms with Crippen molar-refractivity contribution < 1.29 is 19.8 Å². The molecule has 0 aliphatic carbocycles. The maximum atomic E-state index is 10.9. The lowest BCUT2D eigenvalue weighted by Gasteiger charge is -2.14. The lowest BCUT2D eigenvalue weighted by atomic mass is 10.0. The third-order valence-corrected chi connectivity index (χ3v) is 2.45. The zero-order chi connectivity index (χ0) is 13.5. The van der Waals surface area contributed by atoms with Crippen molar-refractivity contribution in [3.63, 3.8) is 0 Å². The van der Waals surface area contributed by atoms with Gasteiger partial charge in [-0.3, -0.25) is 14.6 Å². The zero-order valence-electron chi connectivity index (χ0n) is 9.67. The molecule has 1 aromatic rings. The number of nitrogens with one attached hydrogen (secondary N) is 1. The van der Waals surface area contributed by atoms with Gasteiger partial charge in [0, 0.05) is 19.2 Å². The average Bonchev–Trinajstić information content (AvgIpc) is 2.30. The number of nitrogens with zero attached hydrogens (tertiary/aromatic N) is 1. The standard InChI is InChI=1S/C11H15N3O4/c12-8-3-4-13-6-9(8)14-5-7(11(17)18)1-2-10(15)16/h3-4,6-7,14H,1-2,5H2,(H2,12,13)(H,15,16)(H,17,18). The molecule has 1 unspecified atom stereocenters. The quantitative estimate of drug-likeness (QED) is 0.561. The Morgan fingerprint density at radius 2 is 2.17 bits per heavy atom. The molecule has 0 spiro atoms. The topological polar surface area (TPSA) is 126 Å². The summed E-state index contributed by atoms with van der Waals surface area (Å²) < 4.78 is 0. The summed E-state index contributed by atoms with van der Waals surface area (Å²) in [4.78, 5) is 25.2. The highest BCUT2D eigenvalue weighted by Gasteiger charge is 2.18. The van der Waals surface area contributed by atoms with Gasteiger partial charge in [-0.1, -0.05) is 0 Å². The van der Waals surface area contributed by atoms with Gasteiger partial charge in [-0.25, -0.2) is 0 Å². The number of hydrogen-bond donors (Lipinski definition) is 4. The lowest BCUT2D eigenvalue weighted by Crippen LogP contribution is -2.24. The van der Waals surface area contributed by atoms with Gasteiger partial charge in [0.05, 0.1) is 23.5 Å². The summed E-state index contributed by atoms with van der Waals surface area (Å²) in [5.74, 6) is -2.82. The molecular weight excluding hydrogens is 238 g/mol. The summed E-state index contributed by atoms with van der Waals surface area (Å²) in [5.41, 5.74) is 6.67. The summed E-state index contributed by atoms with van der Waals surface area (Å²) in [6.07, 6.45) is 2.91. The van der Waals surface area contributed by atoms with E-state index in [1.54, 1.807) is 6.07 Å². The van der Waals surface area contributed by atoms with Crippen molar-refractivity contribution in [1.29, 1.82) is 0 Å². The number of aliphatic carboxylic acids is 2. The largest absolute Gasteiger partial charge is 0.481 e. The molecule has 1 atom stereocenters. The Morgan fingerprint density at radius 3 is 2.72 bits per heavy atom. The number of rotatable bonds is 7. The average molecular weight is 253 g/mol. The normalized spacial score (nSPS) is 11.8. The van der Waals surface area contributed by atoms with Crippen LogP contribution in [0, 0.1) is 5.92 Å². The van der Waals surface area contributed by atoms with Crippen LogP contribution < -0.4 is 11.1 Å². The Bertz CT molecular complexity index is 436. The van der Waals surface area contributed by atoms with Gasteiger partial charge in [-0.05, 0) is 12.5 Å². The molecule has 0 saturated carbocycles. The zero-order valence-corrected chi connectivity index (χ0v) is 9.67.